The van der Waals surface area contributed by atoms with Crippen molar-refractivity contribution in [1.29, 1.82) is 0 Å². The molecule has 0 N–H and O–H groups in total. The van der Waals surface area contributed by atoms with E-state index >= 15 is 0 Å². The summed E-state index contributed by atoms with van der Waals surface area (Å²) in [6, 6.07) is 0. The molecule has 25 heavy (non-hydrogen) atoms. The largest absolute Gasteiger partial charge is 0.319 e. The van der Waals surface area contributed by atoms with Gasteiger partial charge in [-0.25, -0.2) is 0 Å². The van der Waals surface area contributed by atoms with Crippen molar-refractivity contribution in [2.75, 3.05) is 0 Å². The summed E-state index contributed by atoms with van der Waals surface area (Å²) in [4.78, 5) is 0. The van der Waals surface area contributed by atoms with Crippen molar-refractivity contribution in [3.63, 3.8) is 0 Å². The number of fused-ring (bicyclic) bond motifs is 2. The van der Waals surface area contributed by atoms with Gasteiger partial charge < -0.3 is 8.00 Å². The molecule has 1 aliphatic heterocycles. The second kappa shape index (κ2) is 7.02. The zero-order valence-corrected chi connectivity index (χ0v) is 24.6. The van der Waals surface area contributed by atoms with Crippen LogP contribution in [0.25, 0.3) is 0 Å². The van der Waals surface area contributed by atoms with Crippen molar-refractivity contribution < 1.29 is 0 Å². The molecule has 1 fully saturated rings. The minimum Gasteiger partial charge on any atom is -0.319 e. The molecule has 2 aliphatic rings. The van der Waals surface area contributed by atoms with E-state index in [1.54, 1.807) is 0 Å². The Morgan fingerprint density at radius 3 is 1.00 bits per heavy atom. The van der Waals surface area contributed by atoms with Crippen LogP contribution in [-0.2, 0) is 0 Å². The standard InChI is InChI=1S/C17H42N2P2Si4/c1-22(2,3)18(23(4,5)6)20-16-13-14-17(15-16)21(20)19(24(7,8)9)25(10,11)12/h13-14,16-17H,15H2,1-12H3/t16-,17+,20-,21-/m0/s1. The van der Waals surface area contributed by atoms with Crippen molar-refractivity contribution in [2.45, 2.75) is 96.3 Å². The predicted molar refractivity (Wildman–Crippen MR) is 132 cm³/mol. The van der Waals surface area contributed by atoms with Crippen LogP contribution in [0.4, 0.5) is 0 Å². The number of hydrogen-bond donors (Lipinski definition) is 0. The van der Waals surface area contributed by atoms with Gasteiger partial charge in [-0.1, -0.05) is 90.7 Å². The normalized spacial score (nSPS) is 30.8. The molecule has 0 aromatic rings. The first-order valence-electron chi connectivity index (χ1n) is 9.83. The zero-order chi connectivity index (χ0) is 19.6. The Morgan fingerprint density at radius 2 is 0.800 bits per heavy atom. The number of rotatable bonds is 6. The van der Waals surface area contributed by atoms with E-state index in [9.17, 15) is 0 Å². The van der Waals surface area contributed by atoms with Gasteiger partial charge in [-0.15, -0.1) is 0 Å². The van der Waals surface area contributed by atoms with Gasteiger partial charge in [0.25, 0.3) is 0 Å². The molecule has 146 valence electrons. The highest BCUT2D eigenvalue weighted by Gasteiger charge is 2.57. The molecule has 1 heterocycles. The van der Waals surface area contributed by atoms with Crippen molar-refractivity contribution in [3.8, 4) is 0 Å². The summed E-state index contributed by atoms with van der Waals surface area (Å²) in [6.45, 7) is 31.4. The molecule has 0 radical (unpaired) electrons. The number of nitrogens with zero attached hydrogens (tertiary/aromatic N) is 2. The quantitative estimate of drug-likeness (QED) is 0.238. The van der Waals surface area contributed by atoms with Crippen molar-refractivity contribution >= 4 is 48.5 Å². The Labute approximate surface area is 164 Å². The Balaban J connectivity index is 2.57. The SMILES string of the molecule is C[Si](C)(C)N([P@]1[C@@H]2C=C[C@@H](C2)[P@@]1N([Si](C)(C)C)[Si](C)(C)C)[Si](C)(C)C. The van der Waals surface area contributed by atoms with E-state index in [0.29, 0.717) is 0 Å². The van der Waals surface area contributed by atoms with Crippen molar-refractivity contribution in [3.05, 3.63) is 12.2 Å². The van der Waals surface area contributed by atoms with Crippen molar-refractivity contribution in [2.24, 2.45) is 0 Å². The maximum Gasteiger partial charge on any atom is 0.116 e. The van der Waals surface area contributed by atoms with Gasteiger partial charge >= 0.3 is 0 Å². The fourth-order valence-electron chi connectivity index (χ4n) is 5.03. The third kappa shape index (κ3) is 4.69. The maximum atomic E-state index is 3.24. The molecule has 2 rings (SSSR count). The lowest BCUT2D eigenvalue weighted by Gasteiger charge is -2.57. The Kier molecular flexibility index (Phi) is 6.36. The minimum atomic E-state index is -1.32. The van der Waals surface area contributed by atoms with Crippen molar-refractivity contribution in [1.82, 2.24) is 8.00 Å². The van der Waals surface area contributed by atoms with Gasteiger partial charge in [0.15, 0.2) is 0 Å². The fraction of sp³-hybridized carbons (Fsp3) is 0.882. The van der Waals surface area contributed by atoms with Crippen LogP contribution < -0.4 is 0 Å². The molecule has 0 aromatic carbocycles. The molecule has 1 aliphatic carbocycles. The second-order valence-electron chi connectivity index (χ2n) is 11.7. The highest BCUT2D eigenvalue weighted by Crippen LogP contribution is 2.87. The lowest BCUT2D eigenvalue weighted by molar-refractivity contribution is 0.908. The zero-order valence-electron chi connectivity index (χ0n) is 18.8. The third-order valence-electron chi connectivity index (χ3n) is 4.79. The van der Waals surface area contributed by atoms with E-state index in [2.05, 4.69) is 98.7 Å². The monoisotopic (exact) mass is 448 g/mol. The van der Waals surface area contributed by atoms with Crippen LogP contribution in [0.5, 0.6) is 0 Å². The highest BCUT2D eigenvalue weighted by molar-refractivity contribution is 8.31. The van der Waals surface area contributed by atoms with E-state index < -0.39 is 32.9 Å². The average Bonchev–Trinajstić information content (AvgIpc) is 2.84. The van der Waals surface area contributed by atoms with Crippen LogP contribution in [0.15, 0.2) is 12.2 Å². The molecule has 0 amide bonds. The molecule has 1 saturated heterocycles. The Hall–Kier alpha value is 1.39. The summed E-state index contributed by atoms with van der Waals surface area (Å²) in [5.41, 5.74) is 1.78. The average molecular weight is 449 g/mol. The fourth-order valence-corrected chi connectivity index (χ4v) is 52.7. The summed E-state index contributed by atoms with van der Waals surface area (Å²) in [7, 11) is -5.28. The van der Waals surface area contributed by atoms with Crippen LogP contribution in [0.2, 0.25) is 78.6 Å². The lowest BCUT2D eigenvalue weighted by atomic mass is 10.3. The van der Waals surface area contributed by atoms with E-state index in [1.807, 2.05) is 0 Å². The summed E-state index contributed by atoms with van der Waals surface area (Å²) < 4.78 is 6.48. The van der Waals surface area contributed by atoms with Crippen LogP contribution in [-0.4, -0.2) is 52.3 Å². The molecular weight excluding hydrogens is 406 g/mol. The van der Waals surface area contributed by atoms with Crippen LogP contribution >= 0.6 is 15.5 Å². The van der Waals surface area contributed by atoms with Gasteiger partial charge in [-0.05, 0) is 21.9 Å². The molecule has 0 spiro atoms. The maximum absolute atomic E-state index is 3.24. The summed E-state index contributed by atoms with van der Waals surface area (Å²) in [5.74, 6) is 0. The highest BCUT2D eigenvalue weighted by atomic mass is 32.1. The summed E-state index contributed by atoms with van der Waals surface area (Å²) in [5, 5.41) is 0. The molecule has 0 aromatic heterocycles. The number of allylic oxidation sites excluding steroid dienone is 2. The van der Waals surface area contributed by atoms with Gasteiger partial charge in [0.05, 0.1) is 0 Å². The van der Waals surface area contributed by atoms with Gasteiger partial charge in [0.2, 0.25) is 0 Å². The van der Waals surface area contributed by atoms with Gasteiger partial charge in [0, 0.05) is 11.3 Å². The molecule has 0 unspecified atom stereocenters. The number of hydrogen-bond acceptors (Lipinski definition) is 2. The van der Waals surface area contributed by atoms with E-state index in [0.717, 1.165) is 11.3 Å². The van der Waals surface area contributed by atoms with E-state index in [1.165, 1.54) is 6.42 Å². The Bertz CT molecular complexity index is 455. The van der Waals surface area contributed by atoms with Crippen LogP contribution in [0, 0.1) is 0 Å². The van der Waals surface area contributed by atoms with Gasteiger partial charge in [-0.3, -0.25) is 0 Å². The first kappa shape index (κ1) is 22.7. The second-order valence-corrected chi connectivity index (χ2v) is 39.1. The topological polar surface area (TPSA) is 6.48 Å². The van der Waals surface area contributed by atoms with E-state index in [-0.39, 0.29) is 15.5 Å². The van der Waals surface area contributed by atoms with Gasteiger partial charge in [0.1, 0.15) is 32.9 Å². The Morgan fingerprint density at radius 1 is 0.560 bits per heavy atom. The third-order valence-corrected chi connectivity index (χ3v) is 37.0. The summed E-state index contributed by atoms with van der Waals surface area (Å²) in [6.07, 6.45) is 6.73. The molecule has 4 atom stereocenters. The molecule has 2 bridgehead atoms. The molecule has 2 nitrogen and oxygen atoms in total. The molecular formula is C17H42N2P2Si4. The lowest BCUT2D eigenvalue weighted by Crippen LogP contribution is -2.59. The molecule has 8 heteroatoms. The van der Waals surface area contributed by atoms with Gasteiger partial charge in [-0.2, -0.15) is 0 Å². The predicted octanol–water partition coefficient (Wildman–Crippen LogP) is 7.35. The van der Waals surface area contributed by atoms with E-state index in [4.69, 9.17) is 0 Å². The van der Waals surface area contributed by atoms with Crippen LogP contribution in [0.3, 0.4) is 0 Å². The first-order valence-corrected chi connectivity index (χ1v) is 27.0. The summed E-state index contributed by atoms with van der Waals surface area (Å²) >= 11 is 0. The smallest absolute Gasteiger partial charge is 0.116 e. The van der Waals surface area contributed by atoms with Crippen LogP contribution in [0.1, 0.15) is 6.42 Å². The molecule has 0 saturated carbocycles. The minimum absolute atomic E-state index is 0.000386. The first-order chi connectivity index (χ1) is 11.0.